The number of rotatable bonds is 5. The molecule has 2 rings (SSSR count). The van der Waals surface area contributed by atoms with Crippen LogP contribution in [0.1, 0.15) is 38.8 Å². The lowest BCUT2D eigenvalue weighted by Crippen LogP contribution is -2.10. The summed E-state index contributed by atoms with van der Waals surface area (Å²) in [6.07, 6.45) is 1.02. The molecule has 112 valence electrons. The van der Waals surface area contributed by atoms with Crippen LogP contribution in [-0.4, -0.2) is 16.5 Å². The van der Waals surface area contributed by atoms with Gasteiger partial charge in [0.15, 0.2) is 5.82 Å². The maximum atomic E-state index is 13.4. The number of hydrogen-bond donors (Lipinski definition) is 1. The molecule has 0 spiro atoms. The Labute approximate surface area is 138 Å². The van der Waals surface area contributed by atoms with Crippen LogP contribution in [0.4, 0.5) is 10.2 Å². The highest BCUT2D eigenvalue weighted by atomic mass is 127. The Kier molecular flexibility index (Phi) is 5.50. The monoisotopic (exact) mass is 399 g/mol. The summed E-state index contributed by atoms with van der Waals surface area (Å²) in [6.45, 7) is 7.16. The molecule has 0 fully saturated rings. The highest BCUT2D eigenvalue weighted by Gasteiger charge is 2.15. The molecule has 0 saturated heterocycles. The van der Waals surface area contributed by atoms with E-state index in [0.29, 0.717) is 11.4 Å². The molecule has 0 radical (unpaired) electrons. The fourth-order valence-electron chi connectivity index (χ4n) is 1.96. The van der Waals surface area contributed by atoms with Crippen molar-refractivity contribution in [1.29, 1.82) is 0 Å². The second kappa shape index (κ2) is 7.15. The molecular weight excluding hydrogens is 380 g/mol. The number of nitrogens with one attached hydrogen (secondary N) is 1. The normalized spacial score (nSPS) is 11.0. The predicted octanol–water partition coefficient (Wildman–Crippen LogP) is 4.83. The van der Waals surface area contributed by atoms with Gasteiger partial charge in [-0.2, -0.15) is 0 Å². The van der Waals surface area contributed by atoms with E-state index < -0.39 is 0 Å². The van der Waals surface area contributed by atoms with Gasteiger partial charge >= 0.3 is 0 Å². The molecule has 0 unspecified atom stereocenters. The van der Waals surface area contributed by atoms with Crippen LogP contribution in [-0.2, 0) is 0 Å². The van der Waals surface area contributed by atoms with Crippen molar-refractivity contribution >= 4 is 28.4 Å². The smallest absolute Gasteiger partial charge is 0.161 e. The third kappa shape index (κ3) is 3.90. The van der Waals surface area contributed by atoms with E-state index in [1.807, 2.05) is 6.07 Å². The molecule has 0 aliphatic rings. The van der Waals surface area contributed by atoms with Crippen LogP contribution in [0.5, 0.6) is 0 Å². The van der Waals surface area contributed by atoms with Crippen LogP contribution in [0.25, 0.3) is 11.4 Å². The van der Waals surface area contributed by atoms with Gasteiger partial charge in [0.05, 0.1) is 9.26 Å². The first-order chi connectivity index (χ1) is 10.0. The molecule has 1 aromatic carbocycles. The van der Waals surface area contributed by atoms with Crippen LogP contribution < -0.4 is 5.32 Å². The van der Waals surface area contributed by atoms with Crippen LogP contribution in [0.2, 0.25) is 0 Å². The predicted molar refractivity (Wildman–Crippen MR) is 93.0 cm³/mol. The van der Waals surface area contributed by atoms with E-state index in [1.54, 1.807) is 6.07 Å². The quantitative estimate of drug-likeness (QED) is 0.732. The first kappa shape index (κ1) is 16.1. The highest BCUT2D eigenvalue weighted by Crippen LogP contribution is 2.28. The van der Waals surface area contributed by atoms with Gasteiger partial charge < -0.3 is 5.32 Å². The molecular formula is C16H19FIN3. The maximum absolute atomic E-state index is 13.4. The molecule has 0 bridgehead atoms. The first-order valence-corrected chi connectivity index (χ1v) is 8.18. The van der Waals surface area contributed by atoms with Crippen molar-refractivity contribution in [1.82, 2.24) is 9.97 Å². The average molecular weight is 399 g/mol. The fourth-order valence-corrected chi connectivity index (χ4v) is 3.02. The van der Waals surface area contributed by atoms with Gasteiger partial charge in [0.2, 0.25) is 0 Å². The standard InChI is InChI=1S/C16H19FIN3/c1-4-8-19-16-13(18)14(10(2)3)20-15(21-16)11-6-5-7-12(17)9-11/h5-7,9-10H,4,8H2,1-3H3,(H,19,20,21). The molecule has 0 saturated carbocycles. The first-order valence-electron chi connectivity index (χ1n) is 7.10. The van der Waals surface area contributed by atoms with Crippen LogP contribution >= 0.6 is 22.6 Å². The van der Waals surface area contributed by atoms with Gasteiger partial charge in [0.1, 0.15) is 11.6 Å². The average Bonchev–Trinajstić information content (AvgIpc) is 2.46. The molecule has 1 N–H and O–H groups in total. The molecule has 0 aliphatic heterocycles. The molecule has 1 heterocycles. The molecule has 0 amide bonds. The summed E-state index contributed by atoms with van der Waals surface area (Å²) < 4.78 is 14.5. The zero-order valence-electron chi connectivity index (χ0n) is 12.5. The molecule has 0 aliphatic carbocycles. The van der Waals surface area contributed by atoms with Crippen molar-refractivity contribution in [3.05, 3.63) is 39.3 Å². The van der Waals surface area contributed by atoms with Crippen molar-refractivity contribution in [2.75, 3.05) is 11.9 Å². The number of aromatic nitrogens is 2. The number of nitrogens with zero attached hydrogens (tertiary/aromatic N) is 2. The van der Waals surface area contributed by atoms with Crippen molar-refractivity contribution in [3.63, 3.8) is 0 Å². The number of hydrogen-bond acceptors (Lipinski definition) is 3. The van der Waals surface area contributed by atoms with Crippen molar-refractivity contribution in [2.24, 2.45) is 0 Å². The third-order valence-corrected chi connectivity index (χ3v) is 4.11. The van der Waals surface area contributed by atoms with Crippen molar-refractivity contribution in [3.8, 4) is 11.4 Å². The van der Waals surface area contributed by atoms with Gasteiger partial charge in [-0.05, 0) is 47.1 Å². The van der Waals surface area contributed by atoms with E-state index in [1.165, 1.54) is 12.1 Å². The molecule has 21 heavy (non-hydrogen) atoms. The second-order valence-electron chi connectivity index (χ2n) is 5.19. The second-order valence-corrected chi connectivity index (χ2v) is 6.27. The minimum atomic E-state index is -0.274. The summed E-state index contributed by atoms with van der Waals surface area (Å²) in [5.74, 6) is 1.41. The van der Waals surface area contributed by atoms with E-state index >= 15 is 0 Å². The van der Waals surface area contributed by atoms with Gasteiger partial charge in [-0.15, -0.1) is 0 Å². The van der Waals surface area contributed by atoms with Gasteiger partial charge in [-0.25, -0.2) is 14.4 Å². The Morgan fingerprint density at radius 2 is 2.05 bits per heavy atom. The van der Waals surface area contributed by atoms with Gasteiger partial charge in [0, 0.05) is 12.1 Å². The largest absolute Gasteiger partial charge is 0.369 e. The number of benzene rings is 1. The molecule has 2 aromatic rings. The van der Waals surface area contributed by atoms with Crippen molar-refractivity contribution < 1.29 is 4.39 Å². The Hall–Kier alpha value is -1.24. The summed E-state index contributed by atoms with van der Waals surface area (Å²) in [4.78, 5) is 9.19. The third-order valence-electron chi connectivity index (χ3n) is 3.05. The Bertz CT molecular complexity index is 629. The molecule has 1 aromatic heterocycles. The van der Waals surface area contributed by atoms with E-state index in [2.05, 4.69) is 58.6 Å². The minimum absolute atomic E-state index is 0.274. The highest BCUT2D eigenvalue weighted by molar-refractivity contribution is 14.1. The zero-order chi connectivity index (χ0) is 15.4. The lowest BCUT2D eigenvalue weighted by molar-refractivity contribution is 0.628. The van der Waals surface area contributed by atoms with E-state index in [0.717, 1.165) is 28.0 Å². The van der Waals surface area contributed by atoms with Gasteiger partial charge in [0.25, 0.3) is 0 Å². The molecule has 3 nitrogen and oxygen atoms in total. The Morgan fingerprint density at radius 3 is 2.67 bits per heavy atom. The van der Waals surface area contributed by atoms with Gasteiger partial charge in [-0.1, -0.05) is 32.9 Å². The summed E-state index contributed by atoms with van der Waals surface area (Å²) in [5, 5.41) is 3.33. The van der Waals surface area contributed by atoms with E-state index in [9.17, 15) is 4.39 Å². The van der Waals surface area contributed by atoms with E-state index in [4.69, 9.17) is 0 Å². The number of halogens is 2. The fraction of sp³-hybridized carbons (Fsp3) is 0.375. The topological polar surface area (TPSA) is 37.8 Å². The zero-order valence-corrected chi connectivity index (χ0v) is 14.6. The lowest BCUT2D eigenvalue weighted by atomic mass is 10.1. The lowest BCUT2D eigenvalue weighted by Gasteiger charge is -2.15. The van der Waals surface area contributed by atoms with Crippen LogP contribution in [0.3, 0.4) is 0 Å². The SMILES string of the molecule is CCCNc1nc(-c2cccc(F)c2)nc(C(C)C)c1I. The van der Waals surface area contributed by atoms with Crippen LogP contribution in [0, 0.1) is 9.39 Å². The van der Waals surface area contributed by atoms with Gasteiger partial charge in [-0.3, -0.25) is 0 Å². The summed E-state index contributed by atoms with van der Waals surface area (Å²) in [7, 11) is 0. The summed E-state index contributed by atoms with van der Waals surface area (Å²) in [5.41, 5.74) is 1.69. The summed E-state index contributed by atoms with van der Waals surface area (Å²) in [6, 6.07) is 6.41. The molecule has 5 heteroatoms. The Morgan fingerprint density at radius 1 is 1.29 bits per heavy atom. The number of anilines is 1. The van der Waals surface area contributed by atoms with E-state index in [-0.39, 0.29) is 11.7 Å². The van der Waals surface area contributed by atoms with Crippen molar-refractivity contribution in [2.45, 2.75) is 33.1 Å². The molecule has 0 atom stereocenters. The minimum Gasteiger partial charge on any atom is -0.369 e. The summed E-state index contributed by atoms with van der Waals surface area (Å²) >= 11 is 2.28. The van der Waals surface area contributed by atoms with Crippen LogP contribution in [0.15, 0.2) is 24.3 Å². The Balaban J connectivity index is 2.53. The maximum Gasteiger partial charge on any atom is 0.161 e.